The molecule has 116 valence electrons. The van der Waals surface area contributed by atoms with Gasteiger partial charge in [0.15, 0.2) is 0 Å². The molecule has 1 aliphatic rings. The van der Waals surface area contributed by atoms with Crippen LogP contribution in [-0.2, 0) is 6.54 Å². The highest BCUT2D eigenvalue weighted by Gasteiger charge is 2.27. The molecular formula is C18H22N2OS. The molecule has 0 radical (unpaired) electrons. The van der Waals surface area contributed by atoms with Gasteiger partial charge in [-0.2, -0.15) is 0 Å². The van der Waals surface area contributed by atoms with E-state index in [-0.39, 0.29) is 5.12 Å². The molecule has 22 heavy (non-hydrogen) atoms. The maximum atomic E-state index is 11.9. The molecule has 0 saturated heterocycles. The van der Waals surface area contributed by atoms with E-state index >= 15 is 0 Å². The van der Waals surface area contributed by atoms with Gasteiger partial charge in [-0.3, -0.25) is 4.79 Å². The maximum Gasteiger partial charge on any atom is 0.216 e. The van der Waals surface area contributed by atoms with E-state index in [1.807, 2.05) is 36.9 Å². The van der Waals surface area contributed by atoms with Gasteiger partial charge < -0.3 is 4.57 Å². The summed E-state index contributed by atoms with van der Waals surface area (Å²) in [4.78, 5) is 16.1. The second-order valence-corrected chi connectivity index (χ2v) is 6.56. The SMILES string of the molecule is O=C(S)c1ccccc1C(Cn1ccnc1)C1CCCCC1. The third-order valence-electron chi connectivity index (χ3n) is 4.78. The first-order valence-electron chi connectivity index (χ1n) is 8.03. The van der Waals surface area contributed by atoms with E-state index in [0.717, 1.165) is 17.7 Å². The molecule has 3 nitrogen and oxygen atoms in total. The zero-order valence-corrected chi connectivity index (χ0v) is 13.6. The Balaban J connectivity index is 1.95. The summed E-state index contributed by atoms with van der Waals surface area (Å²) in [6.07, 6.45) is 12.1. The zero-order chi connectivity index (χ0) is 15.4. The predicted octanol–water partition coefficient (Wildman–Crippen LogP) is 4.32. The van der Waals surface area contributed by atoms with Crippen molar-refractivity contribution in [3.8, 4) is 0 Å². The van der Waals surface area contributed by atoms with E-state index in [2.05, 4.69) is 28.2 Å². The Morgan fingerprint density at radius 2 is 2.05 bits per heavy atom. The number of carbonyl (C=O) groups is 1. The van der Waals surface area contributed by atoms with Crippen molar-refractivity contribution in [1.29, 1.82) is 0 Å². The van der Waals surface area contributed by atoms with Gasteiger partial charge in [-0.05, 0) is 24.3 Å². The van der Waals surface area contributed by atoms with E-state index in [4.69, 9.17) is 0 Å². The summed E-state index contributed by atoms with van der Waals surface area (Å²) in [6.45, 7) is 0.878. The van der Waals surface area contributed by atoms with Crippen LogP contribution in [0.15, 0.2) is 43.0 Å². The van der Waals surface area contributed by atoms with Gasteiger partial charge in [0.25, 0.3) is 0 Å². The molecule has 1 saturated carbocycles. The van der Waals surface area contributed by atoms with Crippen molar-refractivity contribution in [2.45, 2.75) is 44.6 Å². The average molecular weight is 314 g/mol. The lowest BCUT2D eigenvalue weighted by molar-refractivity contribution is 0.108. The highest BCUT2D eigenvalue weighted by atomic mass is 32.1. The molecule has 1 heterocycles. The van der Waals surface area contributed by atoms with Crippen LogP contribution in [0.4, 0.5) is 0 Å². The van der Waals surface area contributed by atoms with Crippen LogP contribution >= 0.6 is 12.6 Å². The largest absolute Gasteiger partial charge is 0.337 e. The van der Waals surface area contributed by atoms with Crippen LogP contribution in [0.3, 0.4) is 0 Å². The molecule has 1 unspecified atom stereocenters. The van der Waals surface area contributed by atoms with Gasteiger partial charge >= 0.3 is 0 Å². The number of imidazole rings is 1. The van der Waals surface area contributed by atoms with Crippen molar-refractivity contribution in [3.05, 3.63) is 54.1 Å². The van der Waals surface area contributed by atoms with Crippen LogP contribution in [0.2, 0.25) is 0 Å². The lowest BCUT2D eigenvalue weighted by atomic mass is 9.75. The number of rotatable bonds is 5. The lowest BCUT2D eigenvalue weighted by Crippen LogP contribution is -2.22. The van der Waals surface area contributed by atoms with Gasteiger partial charge in [-0.25, -0.2) is 4.98 Å². The Morgan fingerprint density at radius 1 is 1.27 bits per heavy atom. The van der Waals surface area contributed by atoms with Crippen molar-refractivity contribution in [2.75, 3.05) is 0 Å². The minimum atomic E-state index is -0.137. The van der Waals surface area contributed by atoms with Crippen molar-refractivity contribution in [3.63, 3.8) is 0 Å². The van der Waals surface area contributed by atoms with Crippen LogP contribution in [0.25, 0.3) is 0 Å². The summed E-state index contributed by atoms with van der Waals surface area (Å²) in [5.41, 5.74) is 1.89. The predicted molar refractivity (Wildman–Crippen MR) is 91.3 cm³/mol. The van der Waals surface area contributed by atoms with Gasteiger partial charge in [0.05, 0.1) is 6.33 Å². The fraction of sp³-hybridized carbons (Fsp3) is 0.444. The first-order chi connectivity index (χ1) is 10.8. The van der Waals surface area contributed by atoms with Gasteiger partial charge in [-0.15, -0.1) is 12.6 Å². The maximum absolute atomic E-state index is 11.9. The molecule has 0 N–H and O–H groups in total. The number of nitrogens with zero attached hydrogens (tertiary/aromatic N) is 2. The smallest absolute Gasteiger partial charge is 0.216 e. The Bertz CT molecular complexity index is 618. The molecule has 4 heteroatoms. The first kappa shape index (κ1) is 15.3. The topological polar surface area (TPSA) is 34.9 Å². The minimum Gasteiger partial charge on any atom is -0.337 e. The fourth-order valence-corrected chi connectivity index (χ4v) is 3.88. The molecule has 2 aromatic rings. The Morgan fingerprint density at radius 3 is 2.73 bits per heavy atom. The summed E-state index contributed by atoms with van der Waals surface area (Å²) in [7, 11) is 0. The van der Waals surface area contributed by atoms with E-state index in [9.17, 15) is 4.79 Å². The van der Waals surface area contributed by atoms with Gasteiger partial charge in [0.1, 0.15) is 0 Å². The van der Waals surface area contributed by atoms with Crippen molar-refractivity contribution in [2.24, 2.45) is 5.92 Å². The Kier molecular flexibility index (Phi) is 4.98. The standard InChI is InChI=1S/C18H22N2OS/c21-18(22)16-9-5-4-8-15(16)17(12-20-11-10-19-13-20)14-6-2-1-3-7-14/h4-5,8-11,13-14,17H,1-3,6-7,12H2,(H,21,22). The summed E-state index contributed by atoms with van der Waals surface area (Å²) in [5.74, 6) is 0.979. The molecule has 1 aromatic carbocycles. The van der Waals surface area contributed by atoms with Gasteiger partial charge in [0.2, 0.25) is 5.12 Å². The van der Waals surface area contributed by atoms with Crippen molar-refractivity contribution >= 4 is 17.7 Å². The molecule has 1 atom stereocenters. The number of thiol groups is 1. The number of hydrogen-bond donors (Lipinski definition) is 1. The van der Waals surface area contributed by atoms with Crippen LogP contribution < -0.4 is 0 Å². The second-order valence-electron chi connectivity index (χ2n) is 6.16. The van der Waals surface area contributed by atoms with E-state index in [0.29, 0.717) is 11.8 Å². The van der Waals surface area contributed by atoms with E-state index in [1.165, 1.54) is 32.1 Å². The monoisotopic (exact) mass is 314 g/mol. The summed E-state index contributed by atoms with van der Waals surface area (Å²) in [6, 6.07) is 7.94. The molecule has 0 bridgehead atoms. The third kappa shape index (κ3) is 3.43. The lowest BCUT2D eigenvalue weighted by Gasteiger charge is -2.32. The second kappa shape index (κ2) is 7.14. The molecule has 1 aromatic heterocycles. The number of hydrogen-bond acceptors (Lipinski definition) is 2. The molecule has 1 fully saturated rings. The zero-order valence-electron chi connectivity index (χ0n) is 12.7. The van der Waals surface area contributed by atoms with E-state index < -0.39 is 0 Å². The molecule has 0 spiro atoms. The highest BCUT2D eigenvalue weighted by Crippen LogP contribution is 2.38. The molecule has 0 aliphatic heterocycles. The Hall–Kier alpha value is -1.55. The molecule has 1 aliphatic carbocycles. The van der Waals surface area contributed by atoms with E-state index in [1.54, 1.807) is 0 Å². The molecule has 3 rings (SSSR count). The van der Waals surface area contributed by atoms with Crippen LogP contribution in [-0.4, -0.2) is 14.7 Å². The summed E-state index contributed by atoms with van der Waals surface area (Å²) in [5, 5.41) is -0.137. The number of aromatic nitrogens is 2. The third-order valence-corrected chi connectivity index (χ3v) is 5.02. The van der Waals surface area contributed by atoms with Crippen LogP contribution in [0.1, 0.15) is 53.9 Å². The minimum absolute atomic E-state index is 0.137. The van der Waals surface area contributed by atoms with Gasteiger partial charge in [-0.1, -0.05) is 43.5 Å². The fourth-order valence-electron chi connectivity index (χ4n) is 3.67. The van der Waals surface area contributed by atoms with Crippen LogP contribution in [0, 0.1) is 5.92 Å². The first-order valence-corrected chi connectivity index (χ1v) is 8.48. The highest BCUT2D eigenvalue weighted by molar-refractivity contribution is 7.97. The number of benzene rings is 1. The van der Waals surface area contributed by atoms with Gasteiger partial charge in [0, 0.05) is 30.4 Å². The Labute approximate surface area is 137 Å². The number of carbonyl (C=O) groups excluding carboxylic acids is 1. The molecular weight excluding hydrogens is 292 g/mol. The quantitative estimate of drug-likeness (QED) is 0.834. The summed E-state index contributed by atoms with van der Waals surface area (Å²) >= 11 is 4.07. The normalized spacial score (nSPS) is 17.3. The van der Waals surface area contributed by atoms with Crippen molar-refractivity contribution < 1.29 is 4.79 Å². The summed E-state index contributed by atoms with van der Waals surface area (Å²) < 4.78 is 2.12. The van der Waals surface area contributed by atoms with Crippen LogP contribution in [0.5, 0.6) is 0 Å². The molecule has 0 amide bonds. The average Bonchev–Trinajstić information content (AvgIpc) is 3.06. The van der Waals surface area contributed by atoms with Crippen molar-refractivity contribution in [1.82, 2.24) is 9.55 Å².